The number of ether oxygens (including phenoxy) is 1. The number of sulfonamides is 1. The molecule has 166 valence electrons. The topological polar surface area (TPSA) is 75.6 Å². The molecule has 7 nitrogen and oxygen atoms in total. The minimum absolute atomic E-state index is 0.241. The minimum atomic E-state index is -3.66. The number of nitrogens with zero attached hydrogens (tertiary/aromatic N) is 4. The van der Waals surface area contributed by atoms with E-state index in [0.717, 1.165) is 48.6 Å². The number of benzene rings is 2. The number of hydrogen-bond donors (Lipinski definition) is 0. The van der Waals surface area contributed by atoms with E-state index in [1.54, 1.807) is 24.3 Å². The van der Waals surface area contributed by atoms with E-state index in [-0.39, 0.29) is 11.4 Å². The van der Waals surface area contributed by atoms with Crippen molar-refractivity contribution in [3.05, 3.63) is 65.9 Å². The highest BCUT2D eigenvalue weighted by molar-refractivity contribution is 7.89. The van der Waals surface area contributed by atoms with Gasteiger partial charge in [-0.1, -0.05) is 36.4 Å². The van der Waals surface area contributed by atoms with Gasteiger partial charge in [0.2, 0.25) is 10.0 Å². The molecule has 0 amide bonds. The monoisotopic (exact) mass is 450 g/mol. The fourth-order valence-electron chi connectivity index (χ4n) is 4.39. The van der Waals surface area contributed by atoms with Crippen LogP contribution in [0.3, 0.4) is 0 Å². The number of hydrogen-bond acceptors (Lipinski definition) is 6. The molecule has 32 heavy (non-hydrogen) atoms. The molecule has 0 radical (unpaired) electrons. The van der Waals surface area contributed by atoms with Gasteiger partial charge in [0.05, 0.1) is 17.7 Å². The van der Waals surface area contributed by atoms with Crippen molar-refractivity contribution in [1.29, 1.82) is 0 Å². The zero-order chi connectivity index (χ0) is 22.1. The lowest BCUT2D eigenvalue weighted by Crippen LogP contribution is -2.38. The maximum Gasteiger partial charge on any atom is 0.243 e. The molecule has 8 heteroatoms. The Balaban J connectivity index is 1.54. The number of aromatic nitrogens is 2. The largest absolute Gasteiger partial charge is 0.497 e. The first-order chi connectivity index (χ1) is 15.6. The highest BCUT2D eigenvalue weighted by atomic mass is 32.2. The van der Waals surface area contributed by atoms with Crippen molar-refractivity contribution in [3.8, 4) is 17.1 Å². The predicted octanol–water partition coefficient (Wildman–Crippen LogP) is 3.50. The smallest absolute Gasteiger partial charge is 0.243 e. The van der Waals surface area contributed by atoms with Gasteiger partial charge in [-0.25, -0.2) is 18.4 Å². The van der Waals surface area contributed by atoms with E-state index < -0.39 is 10.0 Å². The Labute approximate surface area is 188 Å². The molecule has 0 saturated carbocycles. The quantitative estimate of drug-likeness (QED) is 0.592. The summed E-state index contributed by atoms with van der Waals surface area (Å²) in [6, 6.07) is 16.6. The minimum Gasteiger partial charge on any atom is -0.497 e. The third-order valence-corrected chi connectivity index (χ3v) is 7.96. The Morgan fingerprint density at radius 3 is 2.47 bits per heavy atom. The summed E-state index contributed by atoms with van der Waals surface area (Å²) in [4.78, 5) is 12.3. The van der Waals surface area contributed by atoms with Crippen LogP contribution in [0.1, 0.15) is 24.1 Å². The van der Waals surface area contributed by atoms with Crippen molar-refractivity contribution < 1.29 is 13.2 Å². The summed E-state index contributed by atoms with van der Waals surface area (Å²) in [5.74, 6) is 2.10. The van der Waals surface area contributed by atoms with Gasteiger partial charge in [-0.2, -0.15) is 4.31 Å². The van der Waals surface area contributed by atoms with Crippen LogP contribution >= 0.6 is 0 Å². The highest BCUT2D eigenvalue weighted by Crippen LogP contribution is 2.33. The lowest BCUT2D eigenvalue weighted by molar-refractivity contribution is 0.385. The maximum absolute atomic E-state index is 13.4. The predicted molar refractivity (Wildman–Crippen MR) is 123 cm³/mol. The van der Waals surface area contributed by atoms with Gasteiger partial charge >= 0.3 is 0 Å². The summed E-state index contributed by atoms with van der Waals surface area (Å²) < 4.78 is 33.6. The van der Waals surface area contributed by atoms with Gasteiger partial charge < -0.3 is 9.64 Å². The van der Waals surface area contributed by atoms with Gasteiger partial charge in [-0.15, -0.1) is 0 Å². The molecule has 3 aromatic rings. The van der Waals surface area contributed by atoms with Crippen LogP contribution in [0, 0.1) is 0 Å². The number of anilines is 1. The second-order valence-corrected chi connectivity index (χ2v) is 10.1. The molecule has 1 saturated heterocycles. The SMILES string of the molecule is COc1cccc(S(=O)(=O)N2CCc3nc(-c4ccccc4)nc(N4CCCC4)c3C2)c1. The molecule has 0 bridgehead atoms. The molecule has 5 rings (SSSR count). The van der Waals surface area contributed by atoms with E-state index in [0.29, 0.717) is 24.5 Å². The molecule has 2 aliphatic heterocycles. The lowest BCUT2D eigenvalue weighted by atomic mass is 10.1. The average Bonchev–Trinajstić information content (AvgIpc) is 3.38. The number of methoxy groups -OCH3 is 1. The Kier molecular flexibility index (Phi) is 5.57. The van der Waals surface area contributed by atoms with Crippen LogP contribution in [-0.2, 0) is 23.0 Å². The van der Waals surface area contributed by atoms with Crippen molar-refractivity contribution in [2.24, 2.45) is 0 Å². The van der Waals surface area contributed by atoms with E-state index in [9.17, 15) is 8.42 Å². The molecule has 1 fully saturated rings. The van der Waals surface area contributed by atoms with Gasteiger partial charge in [-0.05, 0) is 25.0 Å². The maximum atomic E-state index is 13.4. The van der Waals surface area contributed by atoms with Crippen LogP contribution in [0.25, 0.3) is 11.4 Å². The van der Waals surface area contributed by atoms with Gasteiger partial charge in [0.1, 0.15) is 11.6 Å². The van der Waals surface area contributed by atoms with E-state index in [4.69, 9.17) is 14.7 Å². The Morgan fingerprint density at radius 2 is 1.72 bits per heavy atom. The van der Waals surface area contributed by atoms with Gasteiger partial charge in [0.25, 0.3) is 0 Å². The van der Waals surface area contributed by atoms with Gasteiger partial charge in [0, 0.05) is 49.8 Å². The number of fused-ring (bicyclic) bond motifs is 1. The van der Waals surface area contributed by atoms with E-state index in [1.165, 1.54) is 11.4 Å². The van der Waals surface area contributed by atoms with Crippen LogP contribution < -0.4 is 9.64 Å². The summed E-state index contributed by atoms with van der Waals surface area (Å²) >= 11 is 0. The van der Waals surface area contributed by atoms with Crippen molar-refractivity contribution in [2.75, 3.05) is 31.6 Å². The van der Waals surface area contributed by atoms with Crippen LogP contribution in [0.2, 0.25) is 0 Å². The Morgan fingerprint density at radius 1 is 0.938 bits per heavy atom. The first-order valence-corrected chi connectivity index (χ1v) is 12.3. The van der Waals surface area contributed by atoms with Crippen molar-refractivity contribution in [3.63, 3.8) is 0 Å². The molecule has 0 N–H and O–H groups in total. The third-order valence-electron chi connectivity index (χ3n) is 6.12. The standard InChI is InChI=1S/C24H26N4O3S/c1-31-19-10-7-11-20(16-19)32(29,30)28-15-12-22-21(17-28)24(27-13-5-6-14-27)26-23(25-22)18-8-3-2-4-9-18/h2-4,7-11,16H,5-6,12-15,17H2,1H3. The molecule has 0 atom stereocenters. The molecule has 0 aliphatic carbocycles. The molecule has 0 unspecified atom stereocenters. The lowest BCUT2D eigenvalue weighted by Gasteiger charge is -2.31. The fraction of sp³-hybridized carbons (Fsp3) is 0.333. The fourth-order valence-corrected chi connectivity index (χ4v) is 5.84. The molecule has 2 aliphatic rings. The van der Waals surface area contributed by atoms with Crippen molar-refractivity contribution >= 4 is 15.8 Å². The molecule has 2 aromatic carbocycles. The zero-order valence-corrected chi connectivity index (χ0v) is 18.9. The summed E-state index contributed by atoms with van der Waals surface area (Å²) in [6.07, 6.45) is 2.79. The zero-order valence-electron chi connectivity index (χ0n) is 18.1. The summed E-state index contributed by atoms with van der Waals surface area (Å²) in [5, 5.41) is 0. The molecule has 3 heterocycles. The summed E-state index contributed by atoms with van der Waals surface area (Å²) in [6.45, 7) is 2.52. The summed E-state index contributed by atoms with van der Waals surface area (Å²) in [7, 11) is -2.13. The van der Waals surface area contributed by atoms with Crippen molar-refractivity contribution in [1.82, 2.24) is 14.3 Å². The van der Waals surface area contributed by atoms with Gasteiger partial charge in [0.15, 0.2) is 5.82 Å². The van der Waals surface area contributed by atoms with Crippen LogP contribution in [-0.4, -0.2) is 49.4 Å². The Hall–Kier alpha value is -2.97. The highest BCUT2D eigenvalue weighted by Gasteiger charge is 2.33. The summed E-state index contributed by atoms with van der Waals surface area (Å²) in [5.41, 5.74) is 2.84. The molecule has 0 spiro atoms. The second-order valence-electron chi connectivity index (χ2n) is 8.12. The Bertz CT molecular complexity index is 1230. The van der Waals surface area contributed by atoms with E-state index >= 15 is 0 Å². The normalized spacial score (nSPS) is 16.7. The first-order valence-electron chi connectivity index (χ1n) is 10.9. The molecular weight excluding hydrogens is 424 g/mol. The number of rotatable bonds is 5. The van der Waals surface area contributed by atoms with E-state index in [1.807, 2.05) is 30.3 Å². The molecular formula is C24H26N4O3S. The van der Waals surface area contributed by atoms with Crippen LogP contribution in [0.4, 0.5) is 5.82 Å². The molecule has 1 aromatic heterocycles. The third kappa shape index (κ3) is 3.84. The van der Waals surface area contributed by atoms with E-state index in [2.05, 4.69) is 4.90 Å². The second kappa shape index (κ2) is 8.52. The van der Waals surface area contributed by atoms with Crippen LogP contribution in [0.5, 0.6) is 5.75 Å². The van der Waals surface area contributed by atoms with Crippen molar-refractivity contribution in [2.45, 2.75) is 30.7 Å². The van der Waals surface area contributed by atoms with Crippen LogP contribution in [0.15, 0.2) is 59.5 Å². The first kappa shape index (κ1) is 20.9. The van der Waals surface area contributed by atoms with Gasteiger partial charge in [-0.3, -0.25) is 0 Å². The average molecular weight is 451 g/mol.